The number of carboxylic acids is 1. The predicted octanol–water partition coefficient (Wildman–Crippen LogP) is 1.89. The fraction of sp³-hybridized carbons (Fsp3) is 0.353. The van der Waals surface area contributed by atoms with Crippen LogP contribution in [0.4, 0.5) is 0 Å². The summed E-state index contributed by atoms with van der Waals surface area (Å²) in [5.74, 6) is -1.42. The van der Waals surface area contributed by atoms with E-state index >= 15 is 0 Å². The van der Waals surface area contributed by atoms with Crippen molar-refractivity contribution in [3.63, 3.8) is 0 Å². The summed E-state index contributed by atoms with van der Waals surface area (Å²) in [6.07, 6.45) is 5.19. The zero-order valence-corrected chi connectivity index (χ0v) is 12.7. The predicted molar refractivity (Wildman–Crippen MR) is 85.8 cm³/mol. The van der Waals surface area contributed by atoms with Crippen molar-refractivity contribution in [2.24, 2.45) is 11.8 Å². The largest absolute Gasteiger partial charge is 0.481 e. The van der Waals surface area contributed by atoms with E-state index in [0.717, 1.165) is 16.9 Å². The lowest BCUT2D eigenvalue weighted by atomic mass is 9.82. The number of para-hydroxylation sites is 2. The molecule has 1 heterocycles. The second kappa shape index (κ2) is 6.64. The van der Waals surface area contributed by atoms with Crippen molar-refractivity contribution in [1.82, 2.24) is 15.3 Å². The molecule has 2 atom stereocenters. The molecule has 0 aliphatic heterocycles. The number of amides is 1. The molecule has 0 spiro atoms. The van der Waals surface area contributed by atoms with Crippen molar-refractivity contribution < 1.29 is 14.7 Å². The normalized spacial score (nSPS) is 20.5. The summed E-state index contributed by atoms with van der Waals surface area (Å²) in [4.78, 5) is 31.1. The first-order valence-corrected chi connectivity index (χ1v) is 7.74. The topological polar surface area (TPSA) is 95.1 Å². The maximum atomic E-state index is 12.2. The van der Waals surface area contributed by atoms with Crippen LogP contribution >= 0.6 is 0 Å². The minimum atomic E-state index is -0.910. The molecule has 23 heavy (non-hydrogen) atoms. The van der Waals surface area contributed by atoms with Crippen LogP contribution in [0.2, 0.25) is 0 Å². The van der Waals surface area contributed by atoms with Gasteiger partial charge in [0.2, 0.25) is 5.91 Å². The summed E-state index contributed by atoms with van der Waals surface area (Å²) in [6, 6.07) is 7.75. The highest BCUT2D eigenvalue weighted by Crippen LogP contribution is 2.26. The molecule has 0 saturated heterocycles. The Bertz CT molecular complexity index is 717. The summed E-state index contributed by atoms with van der Waals surface area (Å²) >= 11 is 0. The fourth-order valence-corrected chi connectivity index (χ4v) is 2.94. The van der Waals surface area contributed by atoms with Crippen LogP contribution in [-0.4, -0.2) is 33.5 Å². The number of carboxylic acid groups (broad SMARTS) is 1. The Morgan fingerprint density at radius 3 is 2.70 bits per heavy atom. The summed E-state index contributed by atoms with van der Waals surface area (Å²) in [5, 5.41) is 12.0. The van der Waals surface area contributed by atoms with E-state index in [4.69, 9.17) is 0 Å². The van der Waals surface area contributed by atoms with Crippen molar-refractivity contribution in [2.75, 3.05) is 6.54 Å². The van der Waals surface area contributed by atoms with E-state index in [-0.39, 0.29) is 5.91 Å². The average Bonchev–Trinajstić information content (AvgIpc) is 2.97. The van der Waals surface area contributed by atoms with Crippen LogP contribution in [0.15, 0.2) is 36.4 Å². The third-order valence-electron chi connectivity index (χ3n) is 4.19. The molecule has 3 rings (SSSR count). The Morgan fingerprint density at radius 2 is 1.96 bits per heavy atom. The van der Waals surface area contributed by atoms with Gasteiger partial charge in [0.15, 0.2) is 0 Å². The molecule has 2 unspecified atom stereocenters. The molecular weight excluding hydrogens is 294 g/mol. The van der Waals surface area contributed by atoms with Gasteiger partial charge in [0.25, 0.3) is 0 Å². The van der Waals surface area contributed by atoms with Gasteiger partial charge in [-0.15, -0.1) is 0 Å². The zero-order valence-electron chi connectivity index (χ0n) is 12.7. The molecular formula is C17H19N3O3. The highest BCUT2D eigenvalue weighted by molar-refractivity contribution is 5.85. The van der Waals surface area contributed by atoms with E-state index in [2.05, 4.69) is 15.3 Å². The van der Waals surface area contributed by atoms with Crippen molar-refractivity contribution >= 4 is 22.9 Å². The number of aromatic amines is 1. The molecule has 120 valence electrons. The summed E-state index contributed by atoms with van der Waals surface area (Å²) < 4.78 is 0. The van der Waals surface area contributed by atoms with Crippen LogP contribution in [0.1, 0.15) is 18.7 Å². The number of carbonyl (C=O) groups excluding carboxylic acids is 1. The van der Waals surface area contributed by atoms with Crippen LogP contribution in [0.5, 0.6) is 0 Å². The SMILES string of the molecule is O=C(O)C1CC=CCC1C(=O)NCCc1nc2ccccc2[nH]1. The van der Waals surface area contributed by atoms with Crippen molar-refractivity contribution in [1.29, 1.82) is 0 Å². The Labute approximate surface area is 133 Å². The highest BCUT2D eigenvalue weighted by Gasteiger charge is 2.33. The quantitative estimate of drug-likeness (QED) is 0.735. The number of aliphatic carboxylic acids is 1. The molecule has 1 aromatic heterocycles. The molecule has 1 aliphatic rings. The number of nitrogens with one attached hydrogen (secondary N) is 2. The molecule has 6 nitrogen and oxygen atoms in total. The van der Waals surface area contributed by atoms with Crippen LogP contribution in [-0.2, 0) is 16.0 Å². The van der Waals surface area contributed by atoms with E-state index in [1.54, 1.807) is 0 Å². The number of H-pyrrole nitrogens is 1. The molecule has 0 bridgehead atoms. The summed E-state index contributed by atoms with van der Waals surface area (Å²) in [7, 11) is 0. The second-order valence-electron chi connectivity index (χ2n) is 5.74. The van der Waals surface area contributed by atoms with Gasteiger partial charge >= 0.3 is 5.97 Å². The molecule has 1 aromatic carbocycles. The van der Waals surface area contributed by atoms with Crippen LogP contribution in [0.25, 0.3) is 11.0 Å². The van der Waals surface area contributed by atoms with Gasteiger partial charge in [-0.2, -0.15) is 0 Å². The number of nitrogens with zero attached hydrogens (tertiary/aromatic N) is 1. The number of hydrogen-bond donors (Lipinski definition) is 3. The van der Waals surface area contributed by atoms with Gasteiger partial charge in [-0.05, 0) is 25.0 Å². The van der Waals surface area contributed by atoms with Gasteiger partial charge in [0.05, 0.1) is 22.9 Å². The maximum Gasteiger partial charge on any atom is 0.307 e. The van der Waals surface area contributed by atoms with Gasteiger partial charge in [0, 0.05) is 13.0 Å². The lowest BCUT2D eigenvalue weighted by molar-refractivity contribution is -0.147. The Hall–Kier alpha value is -2.63. The highest BCUT2D eigenvalue weighted by atomic mass is 16.4. The number of allylic oxidation sites excluding steroid dienone is 2. The number of carbonyl (C=O) groups is 2. The summed E-state index contributed by atoms with van der Waals surface area (Å²) in [5.41, 5.74) is 1.87. The van der Waals surface area contributed by atoms with Gasteiger partial charge in [0.1, 0.15) is 5.82 Å². The van der Waals surface area contributed by atoms with Gasteiger partial charge in [-0.25, -0.2) is 4.98 Å². The first kappa shape index (κ1) is 15.3. The minimum Gasteiger partial charge on any atom is -0.481 e. The Balaban J connectivity index is 1.56. The van der Waals surface area contributed by atoms with E-state index in [9.17, 15) is 14.7 Å². The smallest absolute Gasteiger partial charge is 0.307 e. The number of imidazole rings is 1. The minimum absolute atomic E-state index is 0.196. The van der Waals surface area contributed by atoms with Crippen LogP contribution < -0.4 is 5.32 Å². The molecule has 6 heteroatoms. The van der Waals surface area contributed by atoms with E-state index in [1.807, 2.05) is 36.4 Å². The molecule has 0 saturated carbocycles. The number of benzene rings is 1. The van der Waals surface area contributed by atoms with E-state index in [0.29, 0.717) is 25.8 Å². The van der Waals surface area contributed by atoms with Crippen molar-refractivity contribution in [2.45, 2.75) is 19.3 Å². The Kier molecular flexibility index (Phi) is 4.41. The lowest BCUT2D eigenvalue weighted by Crippen LogP contribution is -2.39. The van der Waals surface area contributed by atoms with E-state index < -0.39 is 17.8 Å². The lowest BCUT2D eigenvalue weighted by Gasteiger charge is -2.24. The van der Waals surface area contributed by atoms with E-state index in [1.165, 1.54) is 0 Å². The fourth-order valence-electron chi connectivity index (χ4n) is 2.94. The zero-order chi connectivity index (χ0) is 16.2. The first-order valence-electron chi connectivity index (χ1n) is 7.74. The van der Waals surface area contributed by atoms with Crippen molar-refractivity contribution in [3.05, 3.63) is 42.2 Å². The molecule has 1 amide bonds. The van der Waals surface area contributed by atoms with Gasteiger partial charge in [-0.1, -0.05) is 24.3 Å². The molecule has 1 aliphatic carbocycles. The second-order valence-corrected chi connectivity index (χ2v) is 5.74. The van der Waals surface area contributed by atoms with Crippen LogP contribution in [0, 0.1) is 11.8 Å². The monoisotopic (exact) mass is 313 g/mol. The maximum absolute atomic E-state index is 12.2. The molecule has 0 radical (unpaired) electrons. The van der Waals surface area contributed by atoms with Gasteiger partial charge in [-0.3, -0.25) is 9.59 Å². The van der Waals surface area contributed by atoms with Gasteiger partial charge < -0.3 is 15.4 Å². The standard InChI is InChI=1S/C17H19N3O3/c21-16(11-5-1-2-6-12(11)17(22)23)18-10-9-15-19-13-7-3-4-8-14(13)20-15/h1-4,7-8,11-12H,5-6,9-10H2,(H,18,21)(H,19,20)(H,22,23). The molecule has 2 aromatic rings. The summed E-state index contributed by atoms with van der Waals surface area (Å²) in [6.45, 7) is 0.436. The first-order chi connectivity index (χ1) is 11.1. The third kappa shape index (κ3) is 3.41. The third-order valence-corrected chi connectivity index (χ3v) is 4.19. The number of fused-ring (bicyclic) bond motifs is 1. The number of hydrogen-bond acceptors (Lipinski definition) is 3. The Morgan fingerprint density at radius 1 is 1.22 bits per heavy atom. The number of aromatic nitrogens is 2. The average molecular weight is 313 g/mol. The van der Waals surface area contributed by atoms with Crippen LogP contribution in [0.3, 0.4) is 0 Å². The van der Waals surface area contributed by atoms with Crippen molar-refractivity contribution in [3.8, 4) is 0 Å². The molecule has 0 fully saturated rings. The number of rotatable bonds is 5. The molecule has 3 N–H and O–H groups in total.